The first-order valence-electron chi connectivity index (χ1n) is 9.15. The lowest BCUT2D eigenvalue weighted by molar-refractivity contribution is -0.172. The highest BCUT2D eigenvalue weighted by Gasteiger charge is 2.47. The van der Waals surface area contributed by atoms with E-state index in [4.69, 9.17) is 0 Å². The molecule has 8 amide bonds. The van der Waals surface area contributed by atoms with Gasteiger partial charge in [-0.25, -0.2) is 4.79 Å². The molecule has 2 heterocycles. The monoisotopic (exact) mass is 394 g/mol. The van der Waals surface area contributed by atoms with Crippen LogP contribution in [0.3, 0.4) is 0 Å². The third kappa shape index (κ3) is 3.92. The number of nitrogens with zero attached hydrogens (tertiary/aromatic N) is 4. The van der Waals surface area contributed by atoms with E-state index in [2.05, 4.69) is 0 Å². The maximum Gasteiger partial charge on any atom is 0.373 e. The Kier molecular flexibility index (Phi) is 6.60. The molecule has 0 atom stereocenters. The van der Waals surface area contributed by atoms with E-state index < -0.39 is 41.5 Å². The Bertz CT molecular complexity index is 656. The van der Waals surface area contributed by atoms with Crippen molar-refractivity contribution in [1.29, 1.82) is 0 Å². The lowest BCUT2D eigenvalue weighted by Crippen LogP contribution is -2.62. The highest BCUT2D eigenvalue weighted by molar-refractivity contribution is 6.12. The van der Waals surface area contributed by atoms with Crippen LogP contribution in [0.15, 0.2) is 0 Å². The van der Waals surface area contributed by atoms with Crippen molar-refractivity contribution in [1.82, 2.24) is 20.0 Å². The smallest absolute Gasteiger partial charge is 0.272 e. The van der Waals surface area contributed by atoms with Crippen molar-refractivity contribution < 1.29 is 33.6 Å². The fraction of sp³-hybridized carbons (Fsp3) is 0.588. The molecule has 2 aliphatic heterocycles. The summed E-state index contributed by atoms with van der Waals surface area (Å²) in [6.07, 6.45) is -0.494. The zero-order valence-electron chi connectivity index (χ0n) is 15.8. The first-order valence-corrected chi connectivity index (χ1v) is 9.15. The first kappa shape index (κ1) is 21.2. The van der Waals surface area contributed by atoms with Crippen molar-refractivity contribution in [3.05, 3.63) is 0 Å². The molecule has 2 saturated heterocycles. The Labute approximate surface area is 161 Å². The molecule has 28 heavy (non-hydrogen) atoms. The summed E-state index contributed by atoms with van der Waals surface area (Å²) in [5.41, 5.74) is 0. The summed E-state index contributed by atoms with van der Waals surface area (Å²) in [5, 5.41) is 1.37. The lowest BCUT2D eigenvalue weighted by atomic mass is 10.3. The third-order valence-electron chi connectivity index (χ3n) is 4.21. The van der Waals surface area contributed by atoms with Crippen LogP contribution in [0.5, 0.6) is 0 Å². The summed E-state index contributed by atoms with van der Waals surface area (Å²) in [7, 11) is 0. The molecule has 0 N–H and O–H groups in total. The van der Waals surface area contributed by atoms with Crippen molar-refractivity contribution in [2.45, 2.75) is 65.2 Å². The minimum Gasteiger partial charge on any atom is -0.272 e. The number of urea groups is 1. The first-order chi connectivity index (χ1) is 13.2. The number of hydrogen-bond acceptors (Lipinski definition) is 7. The second-order valence-corrected chi connectivity index (χ2v) is 6.39. The zero-order chi connectivity index (χ0) is 21.0. The third-order valence-corrected chi connectivity index (χ3v) is 4.21. The van der Waals surface area contributed by atoms with Crippen molar-refractivity contribution in [2.75, 3.05) is 0 Å². The predicted octanol–water partition coefficient (Wildman–Crippen LogP) is 0.492. The van der Waals surface area contributed by atoms with Gasteiger partial charge in [-0.2, -0.15) is 20.0 Å². The van der Waals surface area contributed by atoms with Gasteiger partial charge < -0.3 is 0 Å². The number of hydrogen-bond donors (Lipinski definition) is 0. The van der Waals surface area contributed by atoms with E-state index in [0.717, 1.165) is 0 Å². The Morgan fingerprint density at radius 2 is 0.964 bits per heavy atom. The van der Waals surface area contributed by atoms with Crippen LogP contribution in [0.25, 0.3) is 0 Å². The Morgan fingerprint density at radius 1 is 0.679 bits per heavy atom. The van der Waals surface area contributed by atoms with Gasteiger partial charge in [0.05, 0.1) is 0 Å². The van der Waals surface area contributed by atoms with Gasteiger partial charge in [0.15, 0.2) is 0 Å². The molecule has 2 rings (SSSR count). The molecular formula is C17H22N4O7. The van der Waals surface area contributed by atoms with Gasteiger partial charge in [0.25, 0.3) is 0 Å². The van der Waals surface area contributed by atoms with Crippen LogP contribution in [0.1, 0.15) is 65.2 Å². The van der Waals surface area contributed by atoms with Gasteiger partial charge >= 0.3 is 6.03 Å². The Hall–Kier alpha value is -3.11. The molecular weight excluding hydrogens is 372 g/mol. The van der Waals surface area contributed by atoms with E-state index in [0.29, 0.717) is 22.9 Å². The van der Waals surface area contributed by atoms with Crippen LogP contribution in [0.2, 0.25) is 0 Å². The minimum absolute atomic E-state index is 0.180. The van der Waals surface area contributed by atoms with E-state index in [1.54, 1.807) is 13.8 Å². The molecule has 0 aromatic heterocycles. The fourth-order valence-electron chi connectivity index (χ4n) is 2.91. The van der Waals surface area contributed by atoms with Crippen LogP contribution in [-0.4, -0.2) is 61.5 Å². The predicted molar refractivity (Wildman–Crippen MR) is 91.1 cm³/mol. The number of carbonyl (C=O) groups excluding carboxylic acids is 7. The molecule has 152 valence electrons. The summed E-state index contributed by atoms with van der Waals surface area (Å²) in [6.45, 7) is 3.31. The SMILES string of the molecule is CCCC(=O)N(C(=O)N(C(=O)CCC)N1C(=O)CCC1=O)N1C(=O)CCC1=O. The van der Waals surface area contributed by atoms with Gasteiger partial charge in [-0.05, 0) is 12.8 Å². The number of rotatable bonds is 6. The summed E-state index contributed by atoms with van der Waals surface area (Å²) >= 11 is 0. The van der Waals surface area contributed by atoms with Gasteiger partial charge in [-0.3, -0.25) is 28.8 Å². The highest BCUT2D eigenvalue weighted by Crippen LogP contribution is 2.22. The summed E-state index contributed by atoms with van der Waals surface area (Å²) in [4.78, 5) is 86.7. The molecule has 2 fully saturated rings. The van der Waals surface area contributed by atoms with Crippen molar-refractivity contribution >= 4 is 41.5 Å². The molecule has 2 aliphatic rings. The lowest BCUT2D eigenvalue weighted by Gasteiger charge is -2.35. The van der Waals surface area contributed by atoms with E-state index in [-0.39, 0.29) is 48.5 Å². The Balaban J connectivity index is 2.49. The van der Waals surface area contributed by atoms with Crippen molar-refractivity contribution in [2.24, 2.45) is 0 Å². The average molecular weight is 394 g/mol. The van der Waals surface area contributed by atoms with Crippen LogP contribution < -0.4 is 0 Å². The van der Waals surface area contributed by atoms with E-state index >= 15 is 0 Å². The van der Waals surface area contributed by atoms with Crippen LogP contribution in [-0.2, 0) is 28.8 Å². The van der Waals surface area contributed by atoms with Gasteiger partial charge in [0, 0.05) is 38.5 Å². The number of hydrazine groups is 2. The maximum absolute atomic E-state index is 13.2. The summed E-state index contributed by atoms with van der Waals surface area (Å²) in [5.74, 6) is -4.86. The van der Waals surface area contributed by atoms with E-state index in [1.807, 2.05) is 0 Å². The maximum atomic E-state index is 13.2. The molecule has 0 aromatic carbocycles. The summed E-state index contributed by atoms with van der Waals surface area (Å²) < 4.78 is 0. The molecule has 0 bridgehead atoms. The molecule has 0 unspecified atom stereocenters. The molecule has 0 saturated carbocycles. The molecule has 11 heteroatoms. The van der Waals surface area contributed by atoms with Crippen LogP contribution in [0, 0.1) is 0 Å². The minimum atomic E-state index is -1.39. The zero-order valence-corrected chi connectivity index (χ0v) is 15.8. The van der Waals surface area contributed by atoms with Crippen LogP contribution in [0.4, 0.5) is 4.79 Å². The van der Waals surface area contributed by atoms with Gasteiger partial charge in [0.2, 0.25) is 35.4 Å². The quantitative estimate of drug-likeness (QED) is 0.599. The highest BCUT2D eigenvalue weighted by atomic mass is 16.3. The molecule has 0 aromatic rings. The second kappa shape index (κ2) is 8.72. The van der Waals surface area contributed by atoms with Gasteiger partial charge in [-0.1, -0.05) is 13.8 Å². The van der Waals surface area contributed by atoms with Crippen LogP contribution >= 0.6 is 0 Å². The topological polar surface area (TPSA) is 132 Å². The average Bonchev–Trinajstić information content (AvgIpc) is 3.13. The molecule has 11 nitrogen and oxygen atoms in total. The normalized spacial score (nSPS) is 16.8. The van der Waals surface area contributed by atoms with Crippen molar-refractivity contribution in [3.8, 4) is 0 Å². The standard InChI is InChI=1S/C17H22N4O7/c1-3-5-11(22)20(18-13(24)7-8-14(18)25)17(28)21(12(23)6-4-2)19-15(26)9-10-16(19)27/h3-10H2,1-2H3. The number of amides is 8. The second-order valence-electron chi connectivity index (χ2n) is 6.39. The summed E-state index contributed by atoms with van der Waals surface area (Å²) in [6, 6.07) is -1.39. The van der Waals surface area contributed by atoms with Crippen molar-refractivity contribution in [3.63, 3.8) is 0 Å². The van der Waals surface area contributed by atoms with Gasteiger partial charge in [-0.15, -0.1) is 0 Å². The van der Waals surface area contributed by atoms with Gasteiger partial charge in [0.1, 0.15) is 0 Å². The largest absolute Gasteiger partial charge is 0.373 e. The van der Waals surface area contributed by atoms with E-state index in [1.165, 1.54) is 0 Å². The number of imide groups is 4. The fourth-order valence-corrected chi connectivity index (χ4v) is 2.91. The van der Waals surface area contributed by atoms with E-state index in [9.17, 15) is 33.6 Å². The molecule has 0 aliphatic carbocycles. The molecule has 0 radical (unpaired) electrons. The molecule has 0 spiro atoms. The Morgan fingerprint density at radius 3 is 1.21 bits per heavy atom. The number of carbonyl (C=O) groups is 7.